The maximum atomic E-state index is 11.8. The highest BCUT2D eigenvalue weighted by molar-refractivity contribution is 7.21. The van der Waals surface area contributed by atoms with Gasteiger partial charge in [-0.3, -0.25) is 4.79 Å². The lowest BCUT2D eigenvalue weighted by Crippen LogP contribution is -2.44. The monoisotopic (exact) mass is 511 g/mol. The Bertz CT molecular complexity index is 1240. The van der Waals surface area contributed by atoms with Crippen molar-refractivity contribution in [3.63, 3.8) is 0 Å². The number of anilines is 2. The first-order valence-corrected chi connectivity index (χ1v) is 13.0. The third-order valence-corrected chi connectivity index (χ3v) is 7.76. The molecule has 9 nitrogen and oxygen atoms in total. The van der Waals surface area contributed by atoms with E-state index in [1.165, 1.54) is 18.4 Å². The third-order valence-electron chi connectivity index (χ3n) is 6.65. The Kier molecular flexibility index (Phi) is 8.07. The molecule has 0 spiro atoms. The number of aliphatic hydroxyl groups is 1. The quantitative estimate of drug-likeness (QED) is 0.321. The van der Waals surface area contributed by atoms with Crippen molar-refractivity contribution in [1.29, 1.82) is 0 Å². The molecular formula is C26H33N5O4S. The minimum atomic E-state index is -0.667. The first-order valence-electron chi connectivity index (χ1n) is 12.2. The van der Waals surface area contributed by atoms with Gasteiger partial charge in [-0.1, -0.05) is 25.5 Å². The second-order valence-corrected chi connectivity index (χ2v) is 10.1. The van der Waals surface area contributed by atoms with Gasteiger partial charge in [0.1, 0.15) is 15.5 Å². The number of hydrogen-bond donors (Lipinski definition) is 4. The van der Waals surface area contributed by atoms with Crippen LogP contribution in [0.5, 0.6) is 0 Å². The number of amides is 1. The molecule has 1 saturated heterocycles. The Balaban J connectivity index is 1.38. The number of thiophene rings is 1. The molecule has 3 heterocycles. The first-order chi connectivity index (χ1) is 17.3. The summed E-state index contributed by atoms with van der Waals surface area (Å²) in [5, 5.41) is 14.9. The van der Waals surface area contributed by atoms with Crippen molar-refractivity contribution in [1.82, 2.24) is 10.3 Å². The number of nitrogens with one attached hydrogen (secondary N) is 1. The summed E-state index contributed by atoms with van der Waals surface area (Å²) in [5.41, 5.74) is 14.5. The number of methoxy groups -OCH3 is 1. The number of aliphatic hydroxyl groups excluding tert-OH is 1. The fraction of sp³-hybridized carbons (Fsp3) is 0.423. The van der Waals surface area contributed by atoms with E-state index in [1.54, 1.807) is 24.3 Å². The maximum absolute atomic E-state index is 11.8. The van der Waals surface area contributed by atoms with Crippen LogP contribution < -0.4 is 21.7 Å². The first kappa shape index (κ1) is 25.9. The Morgan fingerprint density at radius 2 is 1.97 bits per heavy atom. The summed E-state index contributed by atoms with van der Waals surface area (Å²) in [7, 11) is 1.34. The van der Waals surface area contributed by atoms with Crippen LogP contribution in [0.3, 0.4) is 0 Å². The van der Waals surface area contributed by atoms with Crippen molar-refractivity contribution >= 4 is 44.9 Å². The molecule has 36 heavy (non-hydrogen) atoms. The molecule has 1 fully saturated rings. The van der Waals surface area contributed by atoms with Crippen LogP contribution in [0.25, 0.3) is 10.2 Å². The van der Waals surface area contributed by atoms with Gasteiger partial charge in [-0.15, -0.1) is 11.3 Å². The van der Waals surface area contributed by atoms with Crippen LogP contribution in [-0.2, 0) is 11.2 Å². The number of esters is 1. The number of carbonyl (C=O) groups excluding carboxylic acids is 2. The molecule has 2 aromatic heterocycles. The molecule has 4 rings (SSSR count). The minimum absolute atomic E-state index is 0.280. The van der Waals surface area contributed by atoms with Gasteiger partial charge in [-0.05, 0) is 48.6 Å². The molecule has 0 aliphatic carbocycles. The number of hydrogen-bond acceptors (Lipinski definition) is 9. The molecule has 1 atom stereocenters. The number of aryl methyl sites for hydroxylation is 1. The van der Waals surface area contributed by atoms with E-state index < -0.39 is 18.0 Å². The SMILES string of the molecule is CCCc1cc(N2CCC(NCC(O)c3ccc(C(=O)OC)cc3)CC2)nc2sc(C(N)=O)c(N)c12. The summed E-state index contributed by atoms with van der Waals surface area (Å²) in [5.74, 6) is -0.0207. The molecule has 1 amide bonds. The van der Waals surface area contributed by atoms with E-state index in [9.17, 15) is 14.7 Å². The number of nitrogens with zero attached hydrogens (tertiary/aromatic N) is 2. The van der Waals surface area contributed by atoms with Crippen molar-refractivity contribution < 1.29 is 19.4 Å². The Morgan fingerprint density at radius 3 is 2.58 bits per heavy atom. The molecule has 0 radical (unpaired) electrons. The van der Waals surface area contributed by atoms with E-state index >= 15 is 0 Å². The smallest absolute Gasteiger partial charge is 0.337 e. The molecular weight excluding hydrogens is 478 g/mol. The summed E-state index contributed by atoms with van der Waals surface area (Å²) in [6.07, 6.45) is 2.96. The number of aromatic nitrogens is 1. The van der Waals surface area contributed by atoms with E-state index in [1.807, 2.05) is 0 Å². The summed E-state index contributed by atoms with van der Waals surface area (Å²) < 4.78 is 4.71. The maximum Gasteiger partial charge on any atom is 0.337 e. The topological polar surface area (TPSA) is 144 Å². The van der Waals surface area contributed by atoms with Gasteiger partial charge >= 0.3 is 5.97 Å². The number of carbonyl (C=O) groups is 2. The molecule has 192 valence electrons. The number of nitrogens with two attached hydrogens (primary N) is 2. The van der Waals surface area contributed by atoms with Crippen molar-refractivity contribution in [2.45, 2.75) is 44.8 Å². The highest BCUT2D eigenvalue weighted by atomic mass is 32.1. The van der Waals surface area contributed by atoms with Crippen LogP contribution in [0.15, 0.2) is 30.3 Å². The van der Waals surface area contributed by atoms with Crippen LogP contribution >= 0.6 is 11.3 Å². The van der Waals surface area contributed by atoms with Gasteiger partial charge in [-0.2, -0.15) is 0 Å². The molecule has 10 heteroatoms. The fourth-order valence-corrected chi connectivity index (χ4v) is 5.65. The van der Waals surface area contributed by atoms with Crippen LogP contribution in [-0.4, -0.2) is 54.8 Å². The van der Waals surface area contributed by atoms with E-state index in [-0.39, 0.29) is 6.04 Å². The van der Waals surface area contributed by atoms with E-state index in [0.29, 0.717) is 22.7 Å². The predicted molar refractivity (Wildman–Crippen MR) is 143 cm³/mol. The van der Waals surface area contributed by atoms with E-state index in [0.717, 1.165) is 65.9 Å². The molecule has 1 unspecified atom stereocenters. The molecule has 1 aliphatic heterocycles. The van der Waals surface area contributed by atoms with Crippen LogP contribution in [0.4, 0.5) is 11.5 Å². The van der Waals surface area contributed by atoms with Crippen molar-refractivity contribution in [2.24, 2.45) is 5.73 Å². The standard InChI is InChI=1S/C26H33N5O4S/c1-3-4-17-13-20(30-25-21(17)22(27)23(36-25)24(28)33)31-11-9-18(10-12-31)29-14-19(32)15-5-7-16(8-6-15)26(34)35-2/h5-8,13,18-19,29,32H,3-4,9-12,14,27H2,1-2H3,(H2,28,33). The second-order valence-electron chi connectivity index (χ2n) is 9.08. The Labute approximate surface area is 214 Å². The van der Waals surface area contributed by atoms with Gasteiger partial charge in [0.15, 0.2) is 0 Å². The summed E-state index contributed by atoms with van der Waals surface area (Å²) in [6.45, 7) is 4.20. The molecule has 1 aliphatic rings. The summed E-state index contributed by atoms with van der Waals surface area (Å²) in [6, 6.07) is 9.19. The average molecular weight is 512 g/mol. The number of benzene rings is 1. The van der Waals surface area contributed by atoms with Gasteiger partial charge in [0.05, 0.1) is 24.5 Å². The van der Waals surface area contributed by atoms with Crippen molar-refractivity contribution in [2.75, 3.05) is 37.4 Å². The zero-order chi connectivity index (χ0) is 25.8. The Morgan fingerprint density at radius 1 is 1.28 bits per heavy atom. The molecule has 1 aromatic carbocycles. The van der Waals surface area contributed by atoms with Gasteiger partial charge in [0.25, 0.3) is 5.91 Å². The van der Waals surface area contributed by atoms with Crippen LogP contribution in [0.1, 0.15) is 63.4 Å². The van der Waals surface area contributed by atoms with E-state index in [2.05, 4.69) is 23.2 Å². The van der Waals surface area contributed by atoms with Gasteiger partial charge in [0.2, 0.25) is 0 Å². The van der Waals surface area contributed by atoms with Crippen LogP contribution in [0, 0.1) is 0 Å². The highest BCUT2D eigenvalue weighted by Gasteiger charge is 2.24. The minimum Gasteiger partial charge on any atom is -0.465 e. The number of piperidine rings is 1. The number of nitrogen functional groups attached to an aromatic ring is 1. The predicted octanol–water partition coefficient (Wildman–Crippen LogP) is 3.01. The number of ether oxygens (including phenoxy) is 1. The van der Waals surface area contributed by atoms with Gasteiger partial charge in [-0.25, -0.2) is 9.78 Å². The lowest BCUT2D eigenvalue weighted by atomic mass is 10.0. The number of pyridine rings is 1. The van der Waals surface area contributed by atoms with Crippen molar-refractivity contribution in [3.05, 3.63) is 51.9 Å². The van der Waals surface area contributed by atoms with Gasteiger partial charge in [0, 0.05) is 31.1 Å². The van der Waals surface area contributed by atoms with E-state index in [4.69, 9.17) is 21.2 Å². The Hall–Kier alpha value is -3.21. The zero-order valence-electron chi connectivity index (χ0n) is 20.6. The largest absolute Gasteiger partial charge is 0.465 e. The zero-order valence-corrected chi connectivity index (χ0v) is 21.4. The number of primary amides is 1. The van der Waals surface area contributed by atoms with Gasteiger partial charge < -0.3 is 31.5 Å². The highest BCUT2D eigenvalue weighted by Crippen LogP contribution is 2.37. The van der Waals surface area contributed by atoms with Crippen LogP contribution in [0.2, 0.25) is 0 Å². The normalized spacial score (nSPS) is 15.2. The lowest BCUT2D eigenvalue weighted by Gasteiger charge is -2.34. The number of fused-ring (bicyclic) bond motifs is 1. The second kappa shape index (κ2) is 11.2. The summed E-state index contributed by atoms with van der Waals surface area (Å²) >= 11 is 1.26. The lowest BCUT2D eigenvalue weighted by molar-refractivity contribution is 0.0600. The molecule has 0 bridgehead atoms. The molecule has 6 N–H and O–H groups in total. The summed E-state index contributed by atoms with van der Waals surface area (Å²) in [4.78, 5) is 31.6. The fourth-order valence-electron chi connectivity index (χ4n) is 4.66. The number of rotatable bonds is 9. The molecule has 0 saturated carbocycles. The average Bonchev–Trinajstić information content (AvgIpc) is 3.24. The molecule has 3 aromatic rings. The third kappa shape index (κ3) is 5.45. The van der Waals surface area contributed by atoms with Crippen molar-refractivity contribution in [3.8, 4) is 0 Å².